The molecule has 0 aromatic heterocycles. The van der Waals surface area contributed by atoms with E-state index in [-0.39, 0.29) is 57.1 Å². The smallest absolute Gasteiger partial charge is 0.816 e. The molecule has 0 saturated heterocycles. The van der Waals surface area contributed by atoms with E-state index in [1.54, 1.807) is 0 Å². The van der Waals surface area contributed by atoms with Crippen LogP contribution in [0.2, 0.25) is 0 Å². The molecule has 0 N–H and O–H groups in total. The Balaban J connectivity index is 0. The van der Waals surface area contributed by atoms with Gasteiger partial charge in [-0.1, -0.05) is 6.58 Å². The molecule has 0 heterocycles. The molecule has 0 unspecified atom stereocenters. The van der Waals surface area contributed by atoms with E-state index in [2.05, 4.69) is 11.2 Å². The summed E-state index contributed by atoms with van der Waals surface area (Å²) in [5.41, 5.74) is 0. The van der Waals surface area contributed by atoms with E-state index < -0.39 is 7.40 Å². The second kappa shape index (κ2) is 6.25. The fraction of sp³-hybridized carbons (Fsp3) is 0.333. The van der Waals surface area contributed by atoms with Crippen LogP contribution in [-0.2, 0) is 4.65 Å². The van der Waals surface area contributed by atoms with Crippen LogP contribution in [0.4, 0.5) is 4.32 Å². The molecule has 2 nitrogen and oxygen atoms in total. The minimum atomic E-state index is -2.47. The van der Waals surface area contributed by atoms with Crippen molar-refractivity contribution >= 4 is 7.40 Å². The first-order chi connectivity index (χ1) is 3.13. The SMILES string of the molecule is C=C(C)OB([O-])F.[K+]. The van der Waals surface area contributed by atoms with Gasteiger partial charge in [-0.3, -0.25) is 4.32 Å². The summed E-state index contributed by atoms with van der Waals surface area (Å²) < 4.78 is 14.9. The van der Waals surface area contributed by atoms with E-state index in [0.29, 0.717) is 0 Å². The van der Waals surface area contributed by atoms with E-state index in [9.17, 15) is 9.34 Å². The summed E-state index contributed by atoms with van der Waals surface area (Å²) >= 11 is 0. The Bertz CT molecular complexity index is 77.7. The number of halogens is 1. The van der Waals surface area contributed by atoms with Gasteiger partial charge in [0.1, 0.15) is 0 Å². The van der Waals surface area contributed by atoms with Gasteiger partial charge in [-0.25, -0.2) is 0 Å². The zero-order valence-electron chi connectivity index (χ0n) is 4.98. The first-order valence-corrected chi connectivity index (χ1v) is 1.75. The van der Waals surface area contributed by atoms with Gasteiger partial charge in [-0.15, -0.1) is 0 Å². The van der Waals surface area contributed by atoms with Crippen LogP contribution in [-0.4, -0.2) is 7.40 Å². The molecule has 0 amide bonds. The van der Waals surface area contributed by atoms with Gasteiger partial charge in [-0.05, 0) is 6.92 Å². The van der Waals surface area contributed by atoms with Crippen molar-refractivity contribution < 1.29 is 65.4 Å². The maximum absolute atomic E-state index is 11.1. The molecule has 0 spiro atoms. The minimum Gasteiger partial charge on any atom is -0.816 e. The summed E-state index contributed by atoms with van der Waals surface area (Å²) in [5, 5.41) is 9.39. The van der Waals surface area contributed by atoms with Gasteiger partial charge in [0.05, 0.1) is 5.76 Å². The first kappa shape index (κ1) is 11.9. The zero-order valence-corrected chi connectivity index (χ0v) is 8.10. The van der Waals surface area contributed by atoms with E-state index in [4.69, 9.17) is 0 Å². The summed E-state index contributed by atoms with van der Waals surface area (Å²) in [5.74, 6) is 0.0995. The molecule has 8 heavy (non-hydrogen) atoms. The van der Waals surface area contributed by atoms with Crippen LogP contribution in [0.1, 0.15) is 6.92 Å². The molecule has 0 aliphatic heterocycles. The van der Waals surface area contributed by atoms with Crippen LogP contribution in [0.15, 0.2) is 12.3 Å². The van der Waals surface area contributed by atoms with Gasteiger partial charge >= 0.3 is 58.8 Å². The van der Waals surface area contributed by atoms with Crippen molar-refractivity contribution in [3.05, 3.63) is 12.3 Å². The average molecular weight is 142 g/mol. The third kappa shape index (κ3) is 10.2. The normalized spacial score (nSPS) is 6.88. The zero-order chi connectivity index (χ0) is 5.86. The van der Waals surface area contributed by atoms with Crippen molar-refractivity contribution in [2.45, 2.75) is 6.92 Å². The third-order valence-electron chi connectivity index (χ3n) is 0.294. The van der Waals surface area contributed by atoms with E-state index in [1.165, 1.54) is 6.92 Å². The summed E-state index contributed by atoms with van der Waals surface area (Å²) in [7, 11) is -2.47. The molecular formula is C3H5BFKO2. The molecule has 0 aliphatic rings. The molecule has 5 heteroatoms. The van der Waals surface area contributed by atoms with E-state index in [1.807, 2.05) is 0 Å². The van der Waals surface area contributed by atoms with Crippen LogP contribution in [0, 0.1) is 0 Å². The maximum Gasteiger partial charge on any atom is 1.00 e. The molecule has 0 fully saturated rings. The molecule has 40 valence electrons. The minimum absolute atomic E-state index is 0. The molecule has 0 aliphatic carbocycles. The Morgan fingerprint density at radius 2 is 2.25 bits per heavy atom. The fourth-order valence-corrected chi connectivity index (χ4v) is 0.158. The molecular weight excluding hydrogens is 137 g/mol. The van der Waals surface area contributed by atoms with Gasteiger partial charge < -0.3 is 9.68 Å². The van der Waals surface area contributed by atoms with Gasteiger partial charge in [0.2, 0.25) is 0 Å². The standard InChI is InChI=1S/C3H5BFO2.K/c1-3(2)7-4(5)6;/h1H2,2H3;/q-1;+1. The van der Waals surface area contributed by atoms with Crippen molar-refractivity contribution in [3.8, 4) is 0 Å². The van der Waals surface area contributed by atoms with E-state index in [0.717, 1.165) is 0 Å². The van der Waals surface area contributed by atoms with Crippen LogP contribution in [0.5, 0.6) is 0 Å². The first-order valence-electron chi connectivity index (χ1n) is 1.75. The summed E-state index contributed by atoms with van der Waals surface area (Å²) in [6.07, 6.45) is 0. The molecule has 0 bridgehead atoms. The maximum atomic E-state index is 11.1. The van der Waals surface area contributed by atoms with Crippen LogP contribution >= 0.6 is 0 Å². The van der Waals surface area contributed by atoms with Crippen molar-refractivity contribution in [3.63, 3.8) is 0 Å². The number of hydrogen-bond donors (Lipinski definition) is 0. The van der Waals surface area contributed by atoms with Crippen LogP contribution < -0.4 is 56.4 Å². The van der Waals surface area contributed by atoms with E-state index >= 15 is 0 Å². The predicted octanol–water partition coefficient (Wildman–Crippen LogP) is -3.14. The molecule has 0 saturated carbocycles. The Kier molecular flexibility index (Phi) is 9.28. The summed E-state index contributed by atoms with van der Waals surface area (Å²) in [6, 6.07) is 0. The Labute approximate surface area is 90.7 Å². The van der Waals surface area contributed by atoms with Gasteiger partial charge in [-0.2, -0.15) is 0 Å². The second-order valence-electron chi connectivity index (χ2n) is 1.09. The molecule has 0 atom stereocenters. The monoisotopic (exact) mass is 142 g/mol. The Hall–Kier alpha value is 1.13. The number of rotatable bonds is 2. The van der Waals surface area contributed by atoms with Crippen molar-refractivity contribution in [1.29, 1.82) is 0 Å². The van der Waals surface area contributed by atoms with Crippen molar-refractivity contribution in [1.82, 2.24) is 0 Å². The Morgan fingerprint density at radius 1 is 1.88 bits per heavy atom. The molecule has 0 aromatic rings. The van der Waals surface area contributed by atoms with Crippen LogP contribution in [0.25, 0.3) is 0 Å². The molecule has 0 radical (unpaired) electrons. The fourth-order valence-electron chi connectivity index (χ4n) is 0.158. The summed E-state index contributed by atoms with van der Waals surface area (Å²) in [4.78, 5) is 0. The topological polar surface area (TPSA) is 32.3 Å². The summed E-state index contributed by atoms with van der Waals surface area (Å²) in [6.45, 7) is 4.54. The Morgan fingerprint density at radius 3 is 2.25 bits per heavy atom. The predicted molar refractivity (Wildman–Crippen MR) is 22.8 cm³/mol. The average Bonchev–Trinajstić information content (AvgIpc) is 1.27. The number of allylic oxidation sites excluding steroid dienone is 1. The number of hydrogen-bond acceptors (Lipinski definition) is 2. The van der Waals surface area contributed by atoms with Gasteiger partial charge in [0.25, 0.3) is 0 Å². The third-order valence-corrected chi connectivity index (χ3v) is 0.294. The van der Waals surface area contributed by atoms with Crippen molar-refractivity contribution in [2.75, 3.05) is 0 Å². The molecule has 0 aromatic carbocycles. The largest absolute Gasteiger partial charge is 1.00 e. The van der Waals surface area contributed by atoms with Crippen LogP contribution in [0.3, 0.4) is 0 Å². The van der Waals surface area contributed by atoms with Crippen molar-refractivity contribution in [2.24, 2.45) is 0 Å². The van der Waals surface area contributed by atoms with Gasteiger partial charge in [0.15, 0.2) is 0 Å². The van der Waals surface area contributed by atoms with Gasteiger partial charge in [0, 0.05) is 0 Å². The quantitative estimate of drug-likeness (QED) is 0.301. The molecule has 0 rings (SSSR count). The second-order valence-corrected chi connectivity index (χ2v) is 1.09.